The Kier molecular flexibility index (Phi) is 6.71. The predicted octanol–water partition coefficient (Wildman–Crippen LogP) is 2.59. The minimum absolute atomic E-state index is 0.0771. The average Bonchev–Trinajstić information content (AvgIpc) is 2.75. The maximum atomic E-state index is 12.8. The van der Waals surface area contributed by atoms with E-state index in [1.807, 2.05) is 0 Å². The SMILES string of the molecule is COc1cc(CN(C)C(=O)CN2C(=O)COc3ccc([N+](=O)[O-])cc32)ccc1OC(F)F. The molecule has 0 spiro atoms. The molecule has 32 heavy (non-hydrogen) atoms. The maximum absolute atomic E-state index is 12.8. The van der Waals surface area contributed by atoms with Gasteiger partial charge in [0.1, 0.15) is 12.3 Å². The molecule has 0 unspecified atom stereocenters. The molecule has 0 atom stereocenters. The Labute approximate surface area is 181 Å². The third-order valence-electron chi connectivity index (χ3n) is 4.68. The number of methoxy groups -OCH3 is 1. The number of ether oxygens (including phenoxy) is 3. The van der Waals surface area contributed by atoms with E-state index in [0.29, 0.717) is 5.56 Å². The molecule has 10 nitrogen and oxygen atoms in total. The molecule has 0 saturated carbocycles. The highest BCUT2D eigenvalue weighted by atomic mass is 19.3. The van der Waals surface area contributed by atoms with Gasteiger partial charge in [0.15, 0.2) is 18.1 Å². The summed E-state index contributed by atoms with van der Waals surface area (Å²) in [5.41, 5.74) is 0.460. The van der Waals surface area contributed by atoms with Crippen molar-refractivity contribution in [1.82, 2.24) is 4.90 Å². The number of amides is 2. The molecule has 0 radical (unpaired) electrons. The maximum Gasteiger partial charge on any atom is 0.387 e. The number of halogens is 2. The van der Waals surface area contributed by atoms with E-state index in [0.717, 1.165) is 4.90 Å². The molecular formula is C20H19F2N3O7. The highest BCUT2D eigenvalue weighted by molar-refractivity contribution is 6.02. The number of nitro groups is 1. The van der Waals surface area contributed by atoms with E-state index in [4.69, 9.17) is 9.47 Å². The van der Waals surface area contributed by atoms with Crippen LogP contribution in [-0.2, 0) is 16.1 Å². The first-order chi connectivity index (χ1) is 15.2. The van der Waals surface area contributed by atoms with Crippen LogP contribution in [0.4, 0.5) is 20.2 Å². The van der Waals surface area contributed by atoms with Gasteiger partial charge in [-0.15, -0.1) is 0 Å². The van der Waals surface area contributed by atoms with Crippen LogP contribution in [0.1, 0.15) is 5.56 Å². The number of hydrogen-bond donors (Lipinski definition) is 0. The van der Waals surface area contributed by atoms with Gasteiger partial charge in [-0.1, -0.05) is 6.07 Å². The van der Waals surface area contributed by atoms with Crippen LogP contribution in [0.25, 0.3) is 0 Å². The van der Waals surface area contributed by atoms with Crippen LogP contribution in [0.3, 0.4) is 0 Å². The third kappa shape index (κ3) is 5.02. The Morgan fingerprint density at radius 2 is 2.03 bits per heavy atom. The molecule has 3 rings (SSSR count). The zero-order valence-electron chi connectivity index (χ0n) is 17.1. The van der Waals surface area contributed by atoms with Crippen LogP contribution in [0, 0.1) is 10.1 Å². The van der Waals surface area contributed by atoms with Gasteiger partial charge in [-0.05, 0) is 23.8 Å². The number of benzene rings is 2. The number of nitrogens with zero attached hydrogens (tertiary/aromatic N) is 3. The number of alkyl halides is 2. The van der Waals surface area contributed by atoms with Crippen molar-refractivity contribution in [2.24, 2.45) is 0 Å². The Morgan fingerprint density at radius 3 is 2.69 bits per heavy atom. The lowest BCUT2D eigenvalue weighted by molar-refractivity contribution is -0.384. The zero-order chi connectivity index (χ0) is 23.4. The van der Waals surface area contributed by atoms with Gasteiger partial charge in [-0.2, -0.15) is 8.78 Å². The molecule has 0 aliphatic carbocycles. The van der Waals surface area contributed by atoms with Gasteiger partial charge in [-0.25, -0.2) is 0 Å². The summed E-state index contributed by atoms with van der Waals surface area (Å²) in [5, 5.41) is 11.1. The smallest absolute Gasteiger partial charge is 0.387 e. The summed E-state index contributed by atoms with van der Waals surface area (Å²) in [4.78, 5) is 38.0. The van der Waals surface area contributed by atoms with Crippen LogP contribution >= 0.6 is 0 Å². The first kappa shape index (κ1) is 22.7. The Morgan fingerprint density at radius 1 is 1.28 bits per heavy atom. The monoisotopic (exact) mass is 451 g/mol. The van der Waals surface area contributed by atoms with Crippen LogP contribution in [-0.4, -0.2) is 55.6 Å². The lowest BCUT2D eigenvalue weighted by Crippen LogP contribution is -2.45. The van der Waals surface area contributed by atoms with Crippen molar-refractivity contribution < 1.29 is 37.5 Å². The van der Waals surface area contributed by atoms with Gasteiger partial charge >= 0.3 is 6.61 Å². The molecule has 2 amide bonds. The molecule has 1 heterocycles. The lowest BCUT2D eigenvalue weighted by Gasteiger charge is -2.30. The summed E-state index contributed by atoms with van der Waals surface area (Å²) in [6, 6.07) is 8.06. The Hall–Kier alpha value is -3.96. The van der Waals surface area contributed by atoms with Crippen LogP contribution in [0.2, 0.25) is 0 Å². The van der Waals surface area contributed by atoms with Crippen molar-refractivity contribution in [2.45, 2.75) is 13.2 Å². The number of carbonyl (C=O) groups excluding carboxylic acids is 2. The summed E-state index contributed by atoms with van der Waals surface area (Å²) < 4.78 is 39.7. The van der Waals surface area contributed by atoms with Crippen molar-refractivity contribution in [3.8, 4) is 17.2 Å². The molecule has 12 heteroatoms. The summed E-state index contributed by atoms with van der Waals surface area (Å²) in [6.07, 6.45) is 0. The van der Waals surface area contributed by atoms with Crippen molar-refractivity contribution in [3.63, 3.8) is 0 Å². The van der Waals surface area contributed by atoms with E-state index in [1.54, 1.807) is 0 Å². The van der Waals surface area contributed by atoms with Gasteiger partial charge in [0.25, 0.3) is 11.6 Å². The molecule has 0 aromatic heterocycles. The average molecular weight is 451 g/mol. The van der Waals surface area contributed by atoms with Gasteiger partial charge < -0.3 is 19.1 Å². The minimum atomic E-state index is -3.01. The minimum Gasteiger partial charge on any atom is -0.493 e. The van der Waals surface area contributed by atoms with Crippen LogP contribution in [0.15, 0.2) is 36.4 Å². The van der Waals surface area contributed by atoms with Crippen molar-refractivity contribution in [1.29, 1.82) is 0 Å². The molecule has 0 saturated heterocycles. The van der Waals surface area contributed by atoms with Crippen molar-refractivity contribution >= 4 is 23.2 Å². The van der Waals surface area contributed by atoms with Gasteiger partial charge in [0.2, 0.25) is 5.91 Å². The second kappa shape index (κ2) is 9.45. The number of non-ortho nitro benzene ring substituents is 1. The van der Waals surface area contributed by atoms with Crippen molar-refractivity contribution in [3.05, 3.63) is 52.1 Å². The summed E-state index contributed by atoms with van der Waals surface area (Å²) >= 11 is 0. The second-order valence-electron chi connectivity index (χ2n) is 6.79. The van der Waals surface area contributed by atoms with Crippen LogP contribution in [0.5, 0.6) is 17.2 Å². The molecule has 0 N–H and O–H groups in total. The largest absolute Gasteiger partial charge is 0.493 e. The van der Waals surface area contributed by atoms with E-state index in [9.17, 15) is 28.5 Å². The van der Waals surface area contributed by atoms with Gasteiger partial charge in [-0.3, -0.25) is 24.6 Å². The molecule has 0 bridgehead atoms. The fraction of sp³-hybridized carbons (Fsp3) is 0.300. The third-order valence-corrected chi connectivity index (χ3v) is 4.68. The molecule has 0 fully saturated rings. The summed E-state index contributed by atoms with van der Waals surface area (Å²) in [5.74, 6) is -0.782. The number of hydrogen-bond acceptors (Lipinski definition) is 7. The van der Waals surface area contributed by atoms with Crippen LogP contribution < -0.4 is 19.1 Å². The molecular weight excluding hydrogens is 432 g/mol. The number of carbonyl (C=O) groups is 2. The highest BCUT2D eigenvalue weighted by Crippen LogP contribution is 2.35. The van der Waals surface area contributed by atoms with E-state index >= 15 is 0 Å². The first-order valence-corrected chi connectivity index (χ1v) is 9.27. The summed E-state index contributed by atoms with van der Waals surface area (Å²) in [7, 11) is 2.80. The summed E-state index contributed by atoms with van der Waals surface area (Å²) in [6.45, 7) is -3.59. The number of nitro benzene ring substituents is 1. The van der Waals surface area contributed by atoms with E-state index < -0.39 is 23.3 Å². The fourth-order valence-corrected chi connectivity index (χ4v) is 3.10. The Balaban J connectivity index is 1.74. The molecule has 170 valence electrons. The molecule has 2 aromatic rings. The molecule has 1 aliphatic heterocycles. The van der Waals surface area contributed by atoms with Gasteiger partial charge in [0, 0.05) is 25.7 Å². The fourth-order valence-electron chi connectivity index (χ4n) is 3.10. The second-order valence-corrected chi connectivity index (χ2v) is 6.79. The topological polar surface area (TPSA) is 111 Å². The number of rotatable bonds is 8. The van der Waals surface area contributed by atoms with Gasteiger partial charge in [0.05, 0.1) is 17.7 Å². The van der Waals surface area contributed by atoms with E-state index in [-0.39, 0.29) is 48.3 Å². The van der Waals surface area contributed by atoms with E-state index in [1.165, 1.54) is 55.5 Å². The van der Waals surface area contributed by atoms with E-state index in [2.05, 4.69) is 4.74 Å². The standard InChI is InChI=1S/C20H19F2N3O7/c1-23(9-12-3-5-16(32-20(21)22)17(7-12)30-2)18(26)10-24-14-8-13(25(28)29)4-6-15(14)31-11-19(24)27/h3-8,20H,9-11H2,1-2H3. The number of anilines is 1. The normalized spacial score (nSPS) is 12.8. The lowest BCUT2D eigenvalue weighted by atomic mass is 10.2. The zero-order valence-corrected chi connectivity index (χ0v) is 17.1. The molecule has 1 aliphatic rings. The molecule has 2 aromatic carbocycles. The quantitative estimate of drug-likeness (QED) is 0.448. The van der Waals surface area contributed by atoms with Crippen molar-refractivity contribution in [2.75, 3.05) is 32.2 Å². The Bertz CT molecular complexity index is 1050. The first-order valence-electron chi connectivity index (χ1n) is 9.27. The highest BCUT2D eigenvalue weighted by Gasteiger charge is 2.30. The predicted molar refractivity (Wildman–Crippen MR) is 107 cm³/mol. The number of likely N-dealkylation sites (N-methyl/N-ethyl adjacent to an activating group) is 1. The number of fused-ring (bicyclic) bond motifs is 1.